The van der Waals surface area contributed by atoms with Gasteiger partial charge in [-0.25, -0.2) is 4.79 Å². The van der Waals surface area contributed by atoms with Crippen LogP contribution in [0.4, 0.5) is 11.4 Å². The van der Waals surface area contributed by atoms with Crippen LogP contribution in [0.15, 0.2) is 30.4 Å². The summed E-state index contributed by atoms with van der Waals surface area (Å²) in [6.45, 7) is 1.33. The van der Waals surface area contributed by atoms with Crippen molar-refractivity contribution in [1.29, 1.82) is 0 Å². The third-order valence-corrected chi connectivity index (χ3v) is 2.17. The zero-order valence-corrected chi connectivity index (χ0v) is 11.0. The second kappa shape index (κ2) is 6.93. The standard InChI is InChI=1S/C13H14N2O5/c1-8(16)14-10-4-3-9(20-2)7-11(10)15-12(17)5-6-13(18)19/h3-7H,1-2H3,(H,14,16)(H,15,17)(H,18,19)/b6-5+. The Morgan fingerprint density at radius 3 is 2.40 bits per heavy atom. The van der Waals surface area contributed by atoms with Gasteiger partial charge in [-0.3, -0.25) is 9.59 Å². The predicted molar refractivity (Wildman–Crippen MR) is 72.7 cm³/mol. The van der Waals surface area contributed by atoms with E-state index in [1.54, 1.807) is 12.1 Å². The Morgan fingerprint density at radius 1 is 1.15 bits per heavy atom. The van der Waals surface area contributed by atoms with Gasteiger partial charge < -0.3 is 20.5 Å². The number of rotatable bonds is 5. The minimum atomic E-state index is -1.23. The average molecular weight is 278 g/mol. The Kier molecular flexibility index (Phi) is 5.28. The van der Waals surface area contributed by atoms with E-state index < -0.39 is 11.9 Å². The third-order valence-electron chi connectivity index (χ3n) is 2.17. The van der Waals surface area contributed by atoms with Crippen LogP contribution in [-0.2, 0) is 14.4 Å². The van der Waals surface area contributed by atoms with Crippen LogP contribution in [0.3, 0.4) is 0 Å². The van der Waals surface area contributed by atoms with E-state index in [0.717, 1.165) is 6.08 Å². The highest BCUT2D eigenvalue weighted by Gasteiger charge is 2.08. The Balaban J connectivity index is 2.97. The zero-order valence-electron chi connectivity index (χ0n) is 11.0. The smallest absolute Gasteiger partial charge is 0.328 e. The van der Waals surface area contributed by atoms with E-state index in [0.29, 0.717) is 23.2 Å². The van der Waals surface area contributed by atoms with Crippen LogP contribution >= 0.6 is 0 Å². The molecule has 106 valence electrons. The summed E-state index contributed by atoms with van der Waals surface area (Å²) in [7, 11) is 1.46. The van der Waals surface area contributed by atoms with Gasteiger partial charge in [-0.2, -0.15) is 0 Å². The van der Waals surface area contributed by atoms with Gasteiger partial charge in [0.15, 0.2) is 0 Å². The number of ether oxygens (including phenoxy) is 1. The summed E-state index contributed by atoms with van der Waals surface area (Å²) in [4.78, 5) is 32.9. The molecule has 1 aromatic rings. The molecule has 0 aliphatic rings. The molecule has 0 aromatic heterocycles. The van der Waals surface area contributed by atoms with E-state index in [1.807, 2.05) is 0 Å². The van der Waals surface area contributed by atoms with Gasteiger partial charge >= 0.3 is 5.97 Å². The maximum atomic E-state index is 11.5. The monoisotopic (exact) mass is 278 g/mol. The Morgan fingerprint density at radius 2 is 1.85 bits per heavy atom. The number of benzene rings is 1. The molecule has 1 aromatic carbocycles. The number of anilines is 2. The molecular weight excluding hydrogens is 264 g/mol. The number of methoxy groups -OCH3 is 1. The quantitative estimate of drug-likeness (QED) is 0.703. The molecule has 0 aliphatic carbocycles. The first-order valence-electron chi connectivity index (χ1n) is 5.60. The van der Waals surface area contributed by atoms with Crippen LogP contribution in [-0.4, -0.2) is 30.0 Å². The molecule has 20 heavy (non-hydrogen) atoms. The fraction of sp³-hybridized carbons (Fsp3) is 0.154. The van der Waals surface area contributed by atoms with Crippen LogP contribution in [0, 0.1) is 0 Å². The molecule has 3 N–H and O–H groups in total. The fourth-order valence-electron chi connectivity index (χ4n) is 1.37. The first kappa shape index (κ1) is 15.2. The first-order valence-corrected chi connectivity index (χ1v) is 5.60. The largest absolute Gasteiger partial charge is 0.497 e. The second-order valence-electron chi connectivity index (χ2n) is 3.75. The molecule has 0 atom stereocenters. The molecule has 1 rings (SSSR count). The molecule has 0 fully saturated rings. The molecule has 0 aliphatic heterocycles. The molecule has 2 amide bonds. The number of hydrogen-bond donors (Lipinski definition) is 3. The summed E-state index contributed by atoms with van der Waals surface area (Å²) >= 11 is 0. The van der Waals surface area contributed by atoms with Crippen molar-refractivity contribution < 1.29 is 24.2 Å². The van der Waals surface area contributed by atoms with Crippen molar-refractivity contribution in [2.24, 2.45) is 0 Å². The van der Waals surface area contributed by atoms with E-state index in [9.17, 15) is 14.4 Å². The third kappa shape index (κ3) is 4.81. The van der Waals surface area contributed by atoms with Gasteiger partial charge in [0.25, 0.3) is 0 Å². The van der Waals surface area contributed by atoms with Gasteiger partial charge in [-0.05, 0) is 12.1 Å². The van der Waals surface area contributed by atoms with Crippen molar-refractivity contribution in [2.75, 3.05) is 17.7 Å². The average Bonchev–Trinajstić information content (AvgIpc) is 2.38. The first-order chi connectivity index (χ1) is 9.42. The predicted octanol–water partition coefficient (Wildman–Crippen LogP) is 1.23. The van der Waals surface area contributed by atoms with E-state index in [4.69, 9.17) is 9.84 Å². The number of nitrogens with one attached hydrogen (secondary N) is 2. The van der Waals surface area contributed by atoms with Crippen molar-refractivity contribution in [3.8, 4) is 5.75 Å². The highest BCUT2D eigenvalue weighted by Crippen LogP contribution is 2.27. The molecule has 0 bridgehead atoms. The second-order valence-corrected chi connectivity index (χ2v) is 3.75. The molecule has 0 spiro atoms. The lowest BCUT2D eigenvalue weighted by Crippen LogP contribution is -2.13. The van der Waals surface area contributed by atoms with Crippen molar-refractivity contribution in [1.82, 2.24) is 0 Å². The minimum Gasteiger partial charge on any atom is -0.497 e. The van der Waals surface area contributed by atoms with Gasteiger partial charge in [0.05, 0.1) is 18.5 Å². The summed E-state index contributed by atoms with van der Waals surface area (Å²) in [6, 6.07) is 4.70. The summed E-state index contributed by atoms with van der Waals surface area (Å²) in [6.07, 6.45) is 1.59. The lowest BCUT2D eigenvalue weighted by Gasteiger charge is -2.11. The number of carboxylic acid groups (broad SMARTS) is 1. The van der Waals surface area contributed by atoms with Crippen LogP contribution in [0.5, 0.6) is 5.75 Å². The van der Waals surface area contributed by atoms with Gasteiger partial charge in [-0.1, -0.05) is 0 Å². The molecule has 0 unspecified atom stereocenters. The minimum absolute atomic E-state index is 0.299. The zero-order chi connectivity index (χ0) is 15.1. The molecule has 0 saturated heterocycles. The molecule has 0 heterocycles. The number of carbonyl (C=O) groups excluding carboxylic acids is 2. The highest BCUT2D eigenvalue weighted by molar-refractivity contribution is 6.05. The summed E-state index contributed by atoms with van der Waals surface area (Å²) in [5.74, 6) is -1.68. The number of hydrogen-bond acceptors (Lipinski definition) is 4. The highest BCUT2D eigenvalue weighted by atomic mass is 16.5. The Hall–Kier alpha value is -2.83. The SMILES string of the molecule is COc1ccc(NC(C)=O)c(NC(=O)/C=C/C(=O)O)c1. The maximum absolute atomic E-state index is 11.5. The molecular formula is C13H14N2O5. The van der Waals surface area contributed by atoms with Crippen molar-refractivity contribution >= 4 is 29.2 Å². The van der Waals surface area contributed by atoms with Gasteiger partial charge in [0.2, 0.25) is 11.8 Å². The number of carbonyl (C=O) groups is 3. The van der Waals surface area contributed by atoms with E-state index >= 15 is 0 Å². The van der Waals surface area contributed by atoms with Crippen molar-refractivity contribution in [2.45, 2.75) is 6.92 Å². The molecule has 7 heteroatoms. The number of aliphatic carboxylic acids is 1. The fourth-order valence-corrected chi connectivity index (χ4v) is 1.37. The number of carboxylic acids is 1. The van der Waals surface area contributed by atoms with Crippen LogP contribution in [0.2, 0.25) is 0 Å². The van der Waals surface area contributed by atoms with Crippen LogP contribution in [0.25, 0.3) is 0 Å². The van der Waals surface area contributed by atoms with Gasteiger partial charge in [-0.15, -0.1) is 0 Å². The Bertz CT molecular complexity index is 566. The summed E-state index contributed by atoms with van der Waals surface area (Å²) in [5, 5.41) is 13.4. The van der Waals surface area contributed by atoms with Crippen LogP contribution in [0.1, 0.15) is 6.92 Å². The lowest BCUT2D eigenvalue weighted by molar-refractivity contribution is -0.131. The molecule has 0 saturated carbocycles. The summed E-state index contributed by atoms with van der Waals surface area (Å²) < 4.78 is 5.02. The van der Waals surface area contributed by atoms with Crippen molar-refractivity contribution in [3.63, 3.8) is 0 Å². The van der Waals surface area contributed by atoms with Gasteiger partial charge in [0.1, 0.15) is 5.75 Å². The van der Waals surface area contributed by atoms with E-state index in [1.165, 1.54) is 20.1 Å². The van der Waals surface area contributed by atoms with Gasteiger partial charge in [0, 0.05) is 25.1 Å². The number of amides is 2. The normalized spacial score (nSPS) is 10.1. The van der Waals surface area contributed by atoms with E-state index in [-0.39, 0.29) is 5.91 Å². The maximum Gasteiger partial charge on any atom is 0.328 e. The van der Waals surface area contributed by atoms with E-state index in [2.05, 4.69) is 10.6 Å². The Labute approximate surface area is 115 Å². The van der Waals surface area contributed by atoms with Crippen LogP contribution < -0.4 is 15.4 Å². The molecule has 7 nitrogen and oxygen atoms in total. The van der Waals surface area contributed by atoms with Crippen molar-refractivity contribution in [3.05, 3.63) is 30.4 Å². The molecule has 0 radical (unpaired) electrons. The topological polar surface area (TPSA) is 105 Å². The lowest BCUT2D eigenvalue weighted by atomic mass is 10.2. The summed E-state index contributed by atoms with van der Waals surface area (Å²) in [5.41, 5.74) is 0.690.